The van der Waals surface area contributed by atoms with Gasteiger partial charge in [-0.05, 0) is 41.8 Å². The van der Waals surface area contributed by atoms with E-state index in [2.05, 4.69) is 13.8 Å². The Labute approximate surface area is 168 Å². The molecular weight excluding hydrogens is 381 g/mol. The van der Waals surface area contributed by atoms with Gasteiger partial charge in [0.05, 0.1) is 5.56 Å². The predicted molar refractivity (Wildman–Crippen MR) is 106 cm³/mol. The van der Waals surface area contributed by atoms with Crippen LogP contribution in [0.2, 0.25) is 0 Å². The second-order valence-corrected chi connectivity index (χ2v) is 7.43. The highest BCUT2D eigenvalue weighted by Crippen LogP contribution is 2.31. The van der Waals surface area contributed by atoms with Gasteiger partial charge in [0.1, 0.15) is 5.75 Å². The van der Waals surface area contributed by atoms with Crippen molar-refractivity contribution in [3.05, 3.63) is 59.7 Å². The van der Waals surface area contributed by atoms with Crippen molar-refractivity contribution < 1.29 is 22.7 Å². The van der Waals surface area contributed by atoms with Crippen LogP contribution in [0.3, 0.4) is 0 Å². The third-order valence-electron chi connectivity index (χ3n) is 5.08. The fourth-order valence-corrected chi connectivity index (χ4v) is 3.28. The first-order valence-corrected chi connectivity index (χ1v) is 9.67. The summed E-state index contributed by atoms with van der Waals surface area (Å²) in [5.41, 5.74) is 1.06. The molecule has 0 saturated carbocycles. The summed E-state index contributed by atoms with van der Waals surface area (Å²) < 4.78 is 44.3. The number of ether oxygens (including phenoxy) is 1. The number of carbonyl (C=O) groups excluding carboxylic acids is 1. The zero-order chi connectivity index (χ0) is 21.0. The molecule has 1 amide bonds. The molecule has 0 aliphatic carbocycles. The minimum Gasteiger partial charge on any atom is -0.484 e. The molecule has 2 aromatic rings. The lowest BCUT2D eigenvalue weighted by atomic mass is 10.0. The average Bonchev–Trinajstić information content (AvgIpc) is 2.72. The van der Waals surface area contributed by atoms with E-state index in [4.69, 9.17) is 4.74 Å². The van der Waals surface area contributed by atoms with Crippen molar-refractivity contribution in [3.8, 4) is 5.75 Å². The highest BCUT2D eigenvalue weighted by atomic mass is 19.4. The van der Waals surface area contributed by atoms with Crippen molar-refractivity contribution in [2.24, 2.45) is 0 Å². The lowest BCUT2D eigenvalue weighted by Crippen LogP contribution is -2.50. The van der Waals surface area contributed by atoms with Gasteiger partial charge in [-0.3, -0.25) is 4.79 Å². The number of carbonyl (C=O) groups is 1. The van der Waals surface area contributed by atoms with Gasteiger partial charge in [-0.15, -0.1) is 0 Å². The Morgan fingerprint density at radius 2 is 1.69 bits per heavy atom. The van der Waals surface area contributed by atoms with Crippen molar-refractivity contribution in [2.75, 3.05) is 37.7 Å². The predicted octanol–water partition coefficient (Wildman–Crippen LogP) is 4.56. The number of hydrogen-bond acceptors (Lipinski definition) is 3. The van der Waals surface area contributed by atoms with Crippen LogP contribution in [0.15, 0.2) is 48.5 Å². The molecule has 0 bridgehead atoms. The number of amides is 1. The zero-order valence-corrected chi connectivity index (χ0v) is 16.6. The number of piperazine rings is 1. The summed E-state index contributed by atoms with van der Waals surface area (Å²) in [7, 11) is 0. The standard InChI is InChI=1S/C22H25F3N2O2/c1-16(2)17-6-8-20(9-7-17)29-15-21(28)27-12-10-26(11-13-27)19-5-3-4-18(14-19)22(23,24)25/h3-9,14,16H,10-13,15H2,1-2H3. The van der Waals surface area contributed by atoms with Crippen molar-refractivity contribution in [1.29, 1.82) is 0 Å². The average molecular weight is 406 g/mol. The first kappa shape index (κ1) is 21.0. The molecule has 0 atom stereocenters. The molecule has 7 heteroatoms. The Hall–Kier alpha value is -2.70. The molecule has 29 heavy (non-hydrogen) atoms. The lowest BCUT2D eigenvalue weighted by Gasteiger charge is -2.36. The van der Waals surface area contributed by atoms with E-state index in [-0.39, 0.29) is 12.5 Å². The third kappa shape index (κ3) is 5.43. The van der Waals surface area contributed by atoms with E-state index in [0.29, 0.717) is 43.5 Å². The quantitative estimate of drug-likeness (QED) is 0.730. The molecule has 156 valence electrons. The highest BCUT2D eigenvalue weighted by Gasteiger charge is 2.31. The largest absolute Gasteiger partial charge is 0.484 e. The van der Waals surface area contributed by atoms with Crippen LogP contribution in [-0.2, 0) is 11.0 Å². The van der Waals surface area contributed by atoms with Gasteiger partial charge >= 0.3 is 6.18 Å². The molecule has 0 aromatic heterocycles. The molecule has 1 heterocycles. The van der Waals surface area contributed by atoms with E-state index < -0.39 is 11.7 Å². The van der Waals surface area contributed by atoms with E-state index in [0.717, 1.165) is 12.1 Å². The van der Waals surface area contributed by atoms with Crippen molar-refractivity contribution in [2.45, 2.75) is 25.9 Å². The maximum atomic E-state index is 12.9. The van der Waals surface area contributed by atoms with Gasteiger partial charge in [-0.1, -0.05) is 32.0 Å². The van der Waals surface area contributed by atoms with Gasteiger partial charge in [0, 0.05) is 31.9 Å². The Balaban J connectivity index is 1.50. The van der Waals surface area contributed by atoms with Gasteiger partial charge < -0.3 is 14.5 Å². The minimum atomic E-state index is -4.36. The summed E-state index contributed by atoms with van der Waals surface area (Å²) in [5, 5.41) is 0. The zero-order valence-electron chi connectivity index (χ0n) is 16.6. The molecule has 2 aromatic carbocycles. The molecule has 4 nitrogen and oxygen atoms in total. The number of nitrogens with zero attached hydrogens (tertiary/aromatic N) is 2. The summed E-state index contributed by atoms with van der Waals surface area (Å²) in [6, 6.07) is 13.0. The van der Waals surface area contributed by atoms with Crippen molar-refractivity contribution >= 4 is 11.6 Å². The molecule has 3 rings (SSSR count). The van der Waals surface area contributed by atoms with E-state index >= 15 is 0 Å². The summed E-state index contributed by atoms with van der Waals surface area (Å²) in [5.74, 6) is 0.950. The summed E-state index contributed by atoms with van der Waals surface area (Å²) in [6.45, 7) is 6.03. The first-order chi connectivity index (χ1) is 13.7. The van der Waals surface area contributed by atoms with Crippen LogP contribution < -0.4 is 9.64 Å². The molecule has 0 unspecified atom stereocenters. The highest BCUT2D eigenvalue weighted by molar-refractivity contribution is 5.78. The Kier molecular flexibility index (Phi) is 6.35. The van der Waals surface area contributed by atoms with Crippen LogP contribution in [0.25, 0.3) is 0 Å². The molecule has 0 N–H and O–H groups in total. The smallest absolute Gasteiger partial charge is 0.416 e. The van der Waals surface area contributed by atoms with E-state index in [1.165, 1.54) is 11.6 Å². The maximum absolute atomic E-state index is 12.9. The lowest BCUT2D eigenvalue weighted by molar-refractivity contribution is -0.137. The second kappa shape index (κ2) is 8.76. The fourth-order valence-electron chi connectivity index (χ4n) is 3.28. The van der Waals surface area contributed by atoms with E-state index in [1.807, 2.05) is 29.2 Å². The fraction of sp³-hybridized carbons (Fsp3) is 0.409. The van der Waals surface area contributed by atoms with Crippen molar-refractivity contribution in [3.63, 3.8) is 0 Å². The Morgan fingerprint density at radius 1 is 1.03 bits per heavy atom. The molecule has 0 radical (unpaired) electrons. The molecule has 1 aliphatic heterocycles. The number of halogens is 3. The van der Waals surface area contributed by atoms with Crippen LogP contribution in [0.1, 0.15) is 30.9 Å². The van der Waals surface area contributed by atoms with Gasteiger partial charge in [0.15, 0.2) is 6.61 Å². The van der Waals surface area contributed by atoms with Gasteiger partial charge in [0.25, 0.3) is 5.91 Å². The number of anilines is 1. The molecular formula is C22H25F3N2O2. The van der Waals surface area contributed by atoms with Crippen LogP contribution in [-0.4, -0.2) is 43.6 Å². The van der Waals surface area contributed by atoms with E-state index in [1.54, 1.807) is 11.0 Å². The number of hydrogen-bond donors (Lipinski definition) is 0. The van der Waals surface area contributed by atoms with Crippen molar-refractivity contribution in [1.82, 2.24) is 4.90 Å². The first-order valence-electron chi connectivity index (χ1n) is 9.67. The maximum Gasteiger partial charge on any atom is 0.416 e. The number of rotatable bonds is 5. The van der Waals surface area contributed by atoms with Crippen LogP contribution in [0.4, 0.5) is 18.9 Å². The van der Waals surface area contributed by atoms with Gasteiger partial charge in [-0.25, -0.2) is 0 Å². The summed E-state index contributed by atoms with van der Waals surface area (Å²) >= 11 is 0. The van der Waals surface area contributed by atoms with E-state index in [9.17, 15) is 18.0 Å². The molecule has 0 spiro atoms. The Bertz CT molecular complexity index is 827. The Morgan fingerprint density at radius 3 is 2.28 bits per heavy atom. The van der Waals surface area contributed by atoms with Crippen LogP contribution in [0, 0.1) is 0 Å². The minimum absolute atomic E-state index is 0.0510. The molecule has 1 fully saturated rings. The SMILES string of the molecule is CC(C)c1ccc(OCC(=O)N2CCN(c3cccc(C(F)(F)F)c3)CC2)cc1. The van der Waals surface area contributed by atoms with Gasteiger partial charge in [0.2, 0.25) is 0 Å². The van der Waals surface area contributed by atoms with Crippen LogP contribution in [0.5, 0.6) is 5.75 Å². The summed E-state index contributed by atoms with van der Waals surface area (Å²) in [6.07, 6.45) is -4.36. The van der Waals surface area contributed by atoms with Crippen LogP contribution >= 0.6 is 0 Å². The molecule has 1 saturated heterocycles. The molecule has 1 aliphatic rings. The van der Waals surface area contributed by atoms with Gasteiger partial charge in [-0.2, -0.15) is 13.2 Å². The second-order valence-electron chi connectivity index (χ2n) is 7.43. The number of benzene rings is 2. The summed E-state index contributed by atoms with van der Waals surface area (Å²) in [4.78, 5) is 16.0. The topological polar surface area (TPSA) is 32.8 Å². The third-order valence-corrected chi connectivity index (χ3v) is 5.08. The normalized spacial score (nSPS) is 15.0. The number of alkyl halides is 3. The monoisotopic (exact) mass is 406 g/mol.